The average molecular weight is 216 g/mol. The summed E-state index contributed by atoms with van der Waals surface area (Å²) in [7, 11) is 3.98. The molecule has 0 radical (unpaired) electrons. The summed E-state index contributed by atoms with van der Waals surface area (Å²) < 4.78 is 0. The second-order valence-electron chi connectivity index (χ2n) is 4.58. The number of rotatable bonds is 7. The Kier molecular flexibility index (Phi) is 5.83. The predicted octanol–water partition coefficient (Wildman–Crippen LogP) is 1.17. The molecular formula is C11H24N2O2. The van der Waals surface area contributed by atoms with E-state index >= 15 is 0 Å². The summed E-state index contributed by atoms with van der Waals surface area (Å²) in [6.07, 6.45) is 1.52. The molecule has 2 atom stereocenters. The van der Waals surface area contributed by atoms with Crippen LogP contribution in [0.2, 0.25) is 0 Å². The molecule has 2 unspecified atom stereocenters. The van der Waals surface area contributed by atoms with E-state index in [0.717, 1.165) is 6.42 Å². The molecule has 0 fully saturated rings. The lowest BCUT2D eigenvalue weighted by atomic mass is 9.96. The van der Waals surface area contributed by atoms with Crippen molar-refractivity contribution in [2.24, 2.45) is 0 Å². The summed E-state index contributed by atoms with van der Waals surface area (Å²) in [6, 6.07) is 0.334. The first kappa shape index (κ1) is 14.4. The summed E-state index contributed by atoms with van der Waals surface area (Å²) in [4.78, 5) is 13.2. The first-order valence-electron chi connectivity index (χ1n) is 5.48. The summed E-state index contributed by atoms with van der Waals surface area (Å²) in [5.41, 5.74) is -0.793. The van der Waals surface area contributed by atoms with Gasteiger partial charge in [-0.05, 0) is 34.4 Å². The van der Waals surface area contributed by atoms with Crippen molar-refractivity contribution in [1.29, 1.82) is 0 Å². The Labute approximate surface area is 92.7 Å². The highest BCUT2D eigenvalue weighted by molar-refractivity contribution is 5.78. The molecule has 0 aromatic carbocycles. The summed E-state index contributed by atoms with van der Waals surface area (Å²) in [5.74, 6) is -0.768. The van der Waals surface area contributed by atoms with Crippen LogP contribution >= 0.6 is 0 Å². The van der Waals surface area contributed by atoms with Gasteiger partial charge >= 0.3 is 5.97 Å². The first-order valence-corrected chi connectivity index (χ1v) is 5.48. The number of carboxylic acids is 1. The minimum atomic E-state index is -0.793. The molecule has 0 saturated carbocycles. The highest BCUT2D eigenvalue weighted by Gasteiger charge is 2.31. The lowest BCUT2D eigenvalue weighted by Crippen LogP contribution is -2.53. The van der Waals surface area contributed by atoms with Gasteiger partial charge in [0.15, 0.2) is 0 Å². The highest BCUT2D eigenvalue weighted by atomic mass is 16.4. The van der Waals surface area contributed by atoms with Gasteiger partial charge in [-0.2, -0.15) is 0 Å². The van der Waals surface area contributed by atoms with Crippen LogP contribution in [0.15, 0.2) is 0 Å². The van der Waals surface area contributed by atoms with E-state index in [1.807, 2.05) is 21.0 Å². The normalized spacial score (nSPS) is 17.5. The lowest BCUT2D eigenvalue weighted by molar-refractivity contribution is -0.144. The van der Waals surface area contributed by atoms with Crippen molar-refractivity contribution < 1.29 is 9.90 Å². The summed E-state index contributed by atoms with van der Waals surface area (Å²) in [5, 5.41) is 12.3. The van der Waals surface area contributed by atoms with E-state index < -0.39 is 11.5 Å². The number of carboxylic acid groups (broad SMARTS) is 1. The zero-order valence-corrected chi connectivity index (χ0v) is 10.5. The van der Waals surface area contributed by atoms with Crippen LogP contribution in [0.5, 0.6) is 0 Å². The molecule has 0 aliphatic rings. The van der Waals surface area contributed by atoms with Crippen LogP contribution in [-0.2, 0) is 4.79 Å². The number of likely N-dealkylation sites (N-methyl/N-ethyl adjacent to an activating group) is 1. The average Bonchev–Trinajstić information content (AvgIpc) is 2.14. The molecule has 0 spiro atoms. The molecule has 0 aromatic heterocycles. The topological polar surface area (TPSA) is 52.6 Å². The van der Waals surface area contributed by atoms with E-state index in [-0.39, 0.29) is 0 Å². The van der Waals surface area contributed by atoms with Crippen molar-refractivity contribution in [3.63, 3.8) is 0 Å². The number of hydrogen-bond acceptors (Lipinski definition) is 3. The van der Waals surface area contributed by atoms with Crippen molar-refractivity contribution in [1.82, 2.24) is 10.2 Å². The fourth-order valence-corrected chi connectivity index (χ4v) is 1.33. The molecule has 15 heavy (non-hydrogen) atoms. The van der Waals surface area contributed by atoms with Gasteiger partial charge in [0.1, 0.15) is 5.54 Å². The molecule has 0 bridgehead atoms. The van der Waals surface area contributed by atoms with E-state index in [1.165, 1.54) is 0 Å². The van der Waals surface area contributed by atoms with Crippen LogP contribution < -0.4 is 5.32 Å². The van der Waals surface area contributed by atoms with E-state index in [9.17, 15) is 4.79 Å². The Bertz CT molecular complexity index is 207. The molecule has 0 rings (SSSR count). The maximum absolute atomic E-state index is 11.1. The van der Waals surface area contributed by atoms with Crippen LogP contribution in [0, 0.1) is 0 Å². The molecule has 0 amide bonds. The quantitative estimate of drug-likeness (QED) is 0.671. The maximum atomic E-state index is 11.1. The van der Waals surface area contributed by atoms with Gasteiger partial charge in [0.2, 0.25) is 0 Å². The zero-order valence-electron chi connectivity index (χ0n) is 10.5. The van der Waals surface area contributed by atoms with E-state index in [4.69, 9.17) is 5.11 Å². The smallest absolute Gasteiger partial charge is 0.323 e. The molecule has 2 N–H and O–H groups in total. The minimum absolute atomic E-state index is 0.334. The third-order valence-corrected chi connectivity index (χ3v) is 2.89. The third-order valence-electron chi connectivity index (χ3n) is 2.89. The largest absolute Gasteiger partial charge is 0.480 e. The molecule has 90 valence electrons. The Morgan fingerprint density at radius 2 is 2.07 bits per heavy atom. The Hall–Kier alpha value is -0.610. The highest BCUT2D eigenvalue weighted by Crippen LogP contribution is 2.12. The van der Waals surface area contributed by atoms with Crippen LogP contribution in [0.25, 0.3) is 0 Å². The van der Waals surface area contributed by atoms with Gasteiger partial charge in [-0.1, -0.05) is 13.3 Å². The monoisotopic (exact) mass is 216 g/mol. The first-order chi connectivity index (χ1) is 6.83. The predicted molar refractivity (Wildman–Crippen MR) is 62.1 cm³/mol. The second-order valence-corrected chi connectivity index (χ2v) is 4.58. The molecule has 0 heterocycles. The molecule has 4 nitrogen and oxygen atoms in total. The van der Waals surface area contributed by atoms with Crippen LogP contribution in [0.1, 0.15) is 33.6 Å². The van der Waals surface area contributed by atoms with Gasteiger partial charge in [0, 0.05) is 12.6 Å². The van der Waals surface area contributed by atoms with Gasteiger partial charge in [-0.15, -0.1) is 0 Å². The Morgan fingerprint density at radius 3 is 2.40 bits per heavy atom. The van der Waals surface area contributed by atoms with Crippen LogP contribution in [0.3, 0.4) is 0 Å². The van der Waals surface area contributed by atoms with Gasteiger partial charge in [-0.25, -0.2) is 0 Å². The standard InChI is InChI=1S/C11H24N2O2/c1-6-7-11(3,10(14)15)12-8-9(2)13(4)5/h9,12H,6-8H2,1-5H3,(H,14,15). The summed E-state index contributed by atoms with van der Waals surface area (Å²) >= 11 is 0. The van der Waals surface area contributed by atoms with E-state index in [0.29, 0.717) is 19.0 Å². The van der Waals surface area contributed by atoms with Gasteiger partial charge in [0.05, 0.1) is 0 Å². The number of carbonyl (C=O) groups is 1. The van der Waals surface area contributed by atoms with Crippen molar-refractivity contribution in [3.05, 3.63) is 0 Å². The molecule has 0 aliphatic carbocycles. The molecule has 0 aromatic rings. The Morgan fingerprint density at radius 1 is 1.53 bits per heavy atom. The SMILES string of the molecule is CCCC(C)(NCC(C)N(C)C)C(=O)O. The van der Waals surface area contributed by atoms with Crippen molar-refractivity contribution in [2.45, 2.75) is 45.2 Å². The maximum Gasteiger partial charge on any atom is 0.323 e. The lowest BCUT2D eigenvalue weighted by Gasteiger charge is -2.29. The van der Waals surface area contributed by atoms with Gasteiger partial charge in [0.25, 0.3) is 0 Å². The Balaban J connectivity index is 4.25. The number of hydrogen-bond donors (Lipinski definition) is 2. The fraction of sp³-hybridized carbons (Fsp3) is 0.909. The minimum Gasteiger partial charge on any atom is -0.480 e. The third kappa shape index (κ3) is 4.62. The summed E-state index contributed by atoms with van der Waals surface area (Å²) in [6.45, 7) is 6.51. The van der Waals surface area contributed by atoms with Gasteiger partial charge < -0.3 is 15.3 Å². The second kappa shape index (κ2) is 6.08. The molecule has 4 heteroatoms. The number of nitrogens with one attached hydrogen (secondary N) is 1. The van der Waals surface area contributed by atoms with E-state index in [1.54, 1.807) is 6.92 Å². The van der Waals surface area contributed by atoms with Crippen LogP contribution in [-0.4, -0.2) is 48.2 Å². The fourth-order valence-electron chi connectivity index (χ4n) is 1.33. The zero-order chi connectivity index (χ0) is 12.1. The van der Waals surface area contributed by atoms with Crippen LogP contribution in [0.4, 0.5) is 0 Å². The van der Waals surface area contributed by atoms with E-state index in [2.05, 4.69) is 17.1 Å². The number of nitrogens with zero attached hydrogens (tertiary/aromatic N) is 1. The number of aliphatic carboxylic acids is 1. The van der Waals surface area contributed by atoms with Crippen molar-refractivity contribution in [3.8, 4) is 0 Å². The molecule has 0 saturated heterocycles. The molecular weight excluding hydrogens is 192 g/mol. The van der Waals surface area contributed by atoms with Crippen molar-refractivity contribution >= 4 is 5.97 Å². The van der Waals surface area contributed by atoms with Gasteiger partial charge in [-0.3, -0.25) is 4.79 Å². The van der Waals surface area contributed by atoms with Crippen molar-refractivity contribution in [2.75, 3.05) is 20.6 Å². The molecule has 0 aliphatic heterocycles.